The lowest BCUT2D eigenvalue weighted by Crippen LogP contribution is -2.38. The van der Waals surface area contributed by atoms with Gasteiger partial charge in [0.1, 0.15) is 0 Å². The molecule has 3 rings (SSSR count). The van der Waals surface area contributed by atoms with Gasteiger partial charge in [-0.15, -0.1) is 6.58 Å². The minimum absolute atomic E-state index is 0.0221. The van der Waals surface area contributed by atoms with Crippen molar-refractivity contribution in [3.8, 4) is 0 Å². The summed E-state index contributed by atoms with van der Waals surface area (Å²) in [6.45, 7) is 2.80. The Kier molecular flexibility index (Phi) is 6.04. The van der Waals surface area contributed by atoms with Gasteiger partial charge in [0.05, 0.1) is 26.9 Å². The molecule has 0 saturated heterocycles. The molecular weight excluding hydrogens is 450 g/mol. The zero-order valence-corrected chi connectivity index (χ0v) is 18.0. The molecule has 2 aromatic carbocycles. The van der Waals surface area contributed by atoms with Crippen molar-refractivity contribution < 1.29 is 21.6 Å². The lowest BCUT2D eigenvalue weighted by atomic mass is 10.2. The summed E-state index contributed by atoms with van der Waals surface area (Å²) in [6, 6.07) is 11.6. The predicted molar refractivity (Wildman–Crippen MR) is 114 cm³/mol. The second kappa shape index (κ2) is 8.23. The fourth-order valence-corrected chi connectivity index (χ4v) is 6.01. The van der Waals surface area contributed by atoms with Crippen LogP contribution in [-0.2, 0) is 24.8 Å². The van der Waals surface area contributed by atoms with Crippen molar-refractivity contribution in [2.75, 3.05) is 13.1 Å². The second-order valence-electron chi connectivity index (χ2n) is 6.32. The number of hydrogen-bond donors (Lipinski definition) is 1. The van der Waals surface area contributed by atoms with E-state index < -0.39 is 32.5 Å². The van der Waals surface area contributed by atoms with E-state index in [1.807, 2.05) is 0 Å². The highest BCUT2D eigenvalue weighted by Gasteiger charge is 2.27. The predicted octanol–water partition coefficient (Wildman–Crippen LogP) is 2.19. The fraction of sp³-hybridized carbons (Fsp3) is 0.105. The average molecular weight is 468 g/mol. The molecule has 2 N–H and O–H groups in total. The van der Waals surface area contributed by atoms with Gasteiger partial charge in [0.2, 0.25) is 15.9 Å². The van der Waals surface area contributed by atoms with Crippen LogP contribution in [0.25, 0.3) is 10.9 Å². The number of amides is 1. The first-order chi connectivity index (χ1) is 14.1. The van der Waals surface area contributed by atoms with E-state index in [2.05, 4.69) is 6.58 Å². The molecule has 1 heterocycles. The molecule has 0 aliphatic rings. The number of sulfonamides is 1. The Morgan fingerprint density at radius 3 is 2.37 bits per heavy atom. The van der Waals surface area contributed by atoms with Crippen LogP contribution in [0.4, 0.5) is 0 Å². The molecule has 1 aromatic heterocycles. The van der Waals surface area contributed by atoms with Gasteiger partial charge in [-0.2, -0.15) is 4.31 Å². The Hall–Kier alpha value is -2.66. The number of aromatic nitrogens is 1. The van der Waals surface area contributed by atoms with Crippen LogP contribution in [0.5, 0.6) is 0 Å². The zero-order valence-electron chi connectivity index (χ0n) is 15.6. The third-order valence-corrected chi connectivity index (χ3v) is 8.09. The van der Waals surface area contributed by atoms with Crippen LogP contribution in [0.3, 0.4) is 0 Å². The number of halogens is 1. The first-order valence-corrected chi connectivity index (χ1v) is 11.9. The van der Waals surface area contributed by atoms with E-state index in [4.69, 9.17) is 17.3 Å². The topological polar surface area (TPSA) is 120 Å². The normalized spacial score (nSPS) is 12.3. The van der Waals surface area contributed by atoms with Crippen LogP contribution in [0.15, 0.2) is 77.2 Å². The van der Waals surface area contributed by atoms with E-state index >= 15 is 0 Å². The second-order valence-corrected chi connectivity index (χ2v) is 10.5. The molecule has 0 bridgehead atoms. The van der Waals surface area contributed by atoms with Crippen molar-refractivity contribution in [3.63, 3.8) is 0 Å². The summed E-state index contributed by atoms with van der Waals surface area (Å²) in [7, 11) is -8.18. The Labute approximate surface area is 179 Å². The number of carbonyl (C=O) groups excluding carboxylic acids is 1. The van der Waals surface area contributed by atoms with E-state index in [1.165, 1.54) is 42.6 Å². The molecule has 0 saturated carbocycles. The van der Waals surface area contributed by atoms with E-state index in [-0.39, 0.29) is 26.9 Å². The number of primary amides is 1. The van der Waals surface area contributed by atoms with Crippen LogP contribution < -0.4 is 5.73 Å². The largest absolute Gasteiger partial charge is 0.369 e. The molecule has 0 atom stereocenters. The number of carbonyl (C=O) groups is 1. The molecule has 8 nitrogen and oxygen atoms in total. The van der Waals surface area contributed by atoms with Crippen molar-refractivity contribution in [1.29, 1.82) is 0 Å². The molecule has 0 unspecified atom stereocenters. The number of fused-ring (bicyclic) bond motifs is 1. The lowest BCUT2D eigenvalue weighted by molar-refractivity contribution is -0.118. The first-order valence-electron chi connectivity index (χ1n) is 8.59. The maximum atomic E-state index is 13.1. The van der Waals surface area contributed by atoms with Gasteiger partial charge in [-0.3, -0.25) is 4.79 Å². The van der Waals surface area contributed by atoms with E-state index in [0.717, 1.165) is 8.28 Å². The third-order valence-electron chi connectivity index (χ3n) is 4.30. The summed E-state index contributed by atoms with van der Waals surface area (Å²) in [5.74, 6) is -0.834. The molecular formula is C19H18ClN3O5S2. The summed E-state index contributed by atoms with van der Waals surface area (Å²) in [4.78, 5) is 11.1. The highest BCUT2D eigenvalue weighted by atomic mass is 35.5. The van der Waals surface area contributed by atoms with Gasteiger partial charge in [0, 0.05) is 18.1 Å². The van der Waals surface area contributed by atoms with Crippen molar-refractivity contribution in [2.45, 2.75) is 9.79 Å². The Morgan fingerprint density at radius 2 is 1.77 bits per heavy atom. The van der Waals surface area contributed by atoms with Crippen molar-refractivity contribution in [3.05, 3.63) is 72.4 Å². The fourth-order valence-electron chi connectivity index (χ4n) is 2.92. The lowest BCUT2D eigenvalue weighted by Gasteiger charge is -2.19. The van der Waals surface area contributed by atoms with Crippen LogP contribution in [-0.4, -0.2) is 44.1 Å². The molecule has 158 valence electrons. The van der Waals surface area contributed by atoms with Crippen molar-refractivity contribution >= 4 is 48.5 Å². The molecule has 0 spiro atoms. The highest BCUT2D eigenvalue weighted by Crippen LogP contribution is 2.31. The summed E-state index contributed by atoms with van der Waals surface area (Å²) in [5, 5.41) is 0.508. The summed E-state index contributed by atoms with van der Waals surface area (Å²) in [6.07, 6.45) is 2.54. The maximum absolute atomic E-state index is 13.1. The van der Waals surface area contributed by atoms with E-state index in [0.29, 0.717) is 5.39 Å². The minimum Gasteiger partial charge on any atom is -0.369 e. The molecule has 3 aromatic rings. The zero-order chi connectivity index (χ0) is 22.1. The van der Waals surface area contributed by atoms with Gasteiger partial charge in [-0.25, -0.2) is 20.8 Å². The molecule has 1 amide bonds. The van der Waals surface area contributed by atoms with Crippen molar-refractivity contribution in [2.24, 2.45) is 5.73 Å². The highest BCUT2D eigenvalue weighted by molar-refractivity contribution is 7.90. The summed E-state index contributed by atoms with van der Waals surface area (Å²) >= 11 is 6.20. The van der Waals surface area contributed by atoms with Crippen LogP contribution in [0, 0.1) is 0 Å². The van der Waals surface area contributed by atoms with Gasteiger partial charge < -0.3 is 5.73 Å². The number of hydrogen-bond acceptors (Lipinski definition) is 5. The molecule has 11 heteroatoms. The van der Waals surface area contributed by atoms with Gasteiger partial charge in [-0.05, 0) is 30.3 Å². The van der Waals surface area contributed by atoms with Gasteiger partial charge in [0.15, 0.2) is 0 Å². The number of rotatable bonds is 8. The number of nitrogens with zero attached hydrogens (tertiary/aromatic N) is 2. The Bertz CT molecular complexity index is 1330. The molecule has 30 heavy (non-hydrogen) atoms. The third kappa shape index (κ3) is 3.99. The Morgan fingerprint density at radius 1 is 1.10 bits per heavy atom. The van der Waals surface area contributed by atoms with Gasteiger partial charge >= 0.3 is 0 Å². The monoisotopic (exact) mass is 467 g/mol. The molecule has 0 aliphatic heterocycles. The molecule has 0 fully saturated rings. The minimum atomic E-state index is -4.16. The number of nitrogens with two attached hydrogens (primary N) is 1. The quantitative estimate of drug-likeness (QED) is 0.509. The molecule has 0 aliphatic carbocycles. The number of benzene rings is 2. The maximum Gasteiger partial charge on any atom is 0.268 e. The molecule has 0 radical (unpaired) electrons. The van der Waals surface area contributed by atoms with Crippen LogP contribution in [0.1, 0.15) is 0 Å². The van der Waals surface area contributed by atoms with Crippen LogP contribution >= 0.6 is 11.6 Å². The average Bonchev–Trinajstić information content (AvgIpc) is 3.05. The van der Waals surface area contributed by atoms with E-state index in [1.54, 1.807) is 18.2 Å². The Balaban J connectivity index is 2.20. The SMILES string of the molecule is C=CCN(CC(N)=O)S(=O)(=O)c1ccc2c(Cl)cn(S(=O)(=O)c3ccccc3)c2c1. The summed E-state index contributed by atoms with van der Waals surface area (Å²) in [5.41, 5.74) is 5.24. The van der Waals surface area contributed by atoms with E-state index in [9.17, 15) is 21.6 Å². The van der Waals surface area contributed by atoms with Crippen molar-refractivity contribution in [1.82, 2.24) is 8.28 Å². The standard InChI is InChI=1S/C19H18ClN3O5S2/c1-2-10-22(13-19(21)24)29(25,26)15-8-9-16-17(20)12-23(18(16)11-15)30(27,28)14-6-4-3-5-7-14/h2-9,11-12H,1,10,13H2,(H2,21,24). The van der Waals surface area contributed by atoms with Gasteiger partial charge in [0.25, 0.3) is 10.0 Å². The van der Waals surface area contributed by atoms with Crippen LogP contribution in [0.2, 0.25) is 5.02 Å². The summed E-state index contributed by atoms with van der Waals surface area (Å²) < 4.78 is 54.0. The smallest absolute Gasteiger partial charge is 0.268 e. The first kappa shape index (κ1) is 22.0. The van der Waals surface area contributed by atoms with Gasteiger partial charge in [-0.1, -0.05) is 35.9 Å².